The van der Waals surface area contributed by atoms with Gasteiger partial charge in [0.1, 0.15) is 23.9 Å². The third-order valence-electron chi connectivity index (χ3n) is 5.08. The highest BCUT2D eigenvalue weighted by atomic mass is 16.6. The molecule has 0 radical (unpaired) electrons. The van der Waals surface area contributed by atoms with Gasteiger partial charge in [-0.3, -0.25) is 9.59 Å². The van der Waals surface area contributed by atoms with Crippen molar-refractivity contribution in [2.45, 2.75) is 53.2 Å². The molecule has 2 aromatic carbocycles. The number of methoxy groups -OCH3 is 1. The van der Waals surface area contributed by atoms with Gasteiger partial charge in [-0.2, -0.15) is 0 Å². The van der Waals surface area contributed by atoms with Crippen molar-refractivity contribution in [1.29, 1.82) is 0 Å². The summed E-state index contributed by atoms with van der Waals surface area (Å²) < 4.78 is 10.4. The second-order valence-corrected chi connectivity index (χ2v) is 9.02. The molecule has 1 atom stereocenters. The second kappa shape index (κ2) is 11.5. The van der Waals surface area contributed by atoms with Gasteiger partial charge in [-0.25, -0.2) is 4.79 Å². The van der Waals surface area contributed by atoms with Gasteiger partial charge in [0.25, 0.3) is 5.91 Å². The van der Waals surface area contributed by atoms with Crippen molar-refractivity contribution in [3.05, 3.63) is 59.2 Å². The summed E-state index contributed by atoms with van der Waals surface area (Å²) in [4.78, 5) is 40.1. The number of rotatable bonds is 8. The lowest BCUT2D eigenvalue weighted by Crippen LogP contribution is -2.46. The zero-order valence-corrected chi connectivity index (χ0v) is 21.0. The predicted molar refractivity (Wildman–Crippen MR) is 132 cm³/mol. The summed E-state index contributed by atoms with van der Waals surface area (Å²) in [5.41, 5.74) is 2.55. The monoisotopic (exact) mass is 469 g/mol. The van der Waals surface area contributed by atoms with Crippen LogP contribution in [0.2, 0.25) is 0 Å². The lowest BCUT2D eigenvalue weighted by molar-refractivity contribution is -0.138. The molecule has 0 aromatic heterocycles. The first kappa shape index (κ1) is 26.7. The van der Waals surface area contributed by atoms with Gasteiger partial charge in [-0.1, -0.05) is 23.8 Å². The van der Waals surface area contributed by atoms with Crippen LogP contribution < -0.4 is 15.4 Å². The van der Waals surface area contributed by atoms with Crippen molar-refractivity contribution in [3.63, 3.8) is 0 Å². The molecule has 2 rings (SSSR count). The highest BCUT2D eigenvalue weighted by Crippen LogP contribution is 2.27. The van der Waals surface area contributed by atoms with Gasteiger partial charge >= 0.3 is 6.09 Å². The summed E-state index contributed by atoms with van der Waals surface area (Å²) >= 11 is 0. The fourth-order valence-electron chi connectivity index (χ4n) is 3.53. The Hall–Kier alpha value is -3.55. The Kier molecular flexibility index (Phi) is 9.06. The number of carbonyl (C=O) groups excluding carboxylic acids is 3. The topological polar surface area (TPSA) is 97.0 Å². The maximum atomic E-state index is 13.5. The van der Waals surface area contributed by atoms with E-state index in [0.29, 0.717) is 17.0 Å². The number of carbonyl (C=O) groups is 3. The van der Waals surface area contributed by atoms with Crippen LogP contribution in [-0.2, 0) is 14.3 Å². The van der Waals surface area contributed by atoms with Gasteiger partial charge in [0.2, 0.25) is 5.91 Å². The third-order valence-corrected chi connectivity index (χ3v) is 5.08. The molecule has 2 aromatic rings. The van der Waals surface area contributed by atoms with Crippen LogP contribution in [0.5, 0.6) is 5.75 Å². The molecule has 3 amide bonds. The Labute approximate surface area is 201 Å². The van der Waals surface area contributed by atoms with E-state index in [1.807, 2.05) is 32.0 Å². The maximum absolute atomic E-state index is 13.5. The van der Waals surface area contributed by atoms with E-state index in [4.69, 9.17) is 9.47 Å². The molecule has 0 aliphatic carbocycles. The molecule has 0 heterocycles. The first-order valence-electron chi connectivity index (χ1n) is 11.2. The molecule has 8 heteroatoms. The average molecular weight is 470 g/mol. The molecule has 0 aliphatic heterocycles. The van der Waals surface area contributed by atoms with Crippen molar-refractivity contribution in [1.82, 2.24) is 10.2 Å². The Morgan fingerprint density at radius 1 is 1.03 bits per heavy atom. The molecule has 0 fully saturated rings. The number of nitrogens with zero attached hydrogens (tertiary/aromatic N) is 1. The summed E-state index contributed by atoms with van der Waals surface area (Å²) in [7, 11) is 1.57. The highest BCUT2D eigenvalue weighted by molar-refractivity contribution is 5.98. The molecule has 34 heavy (non-hydrogen) atoms. The van der Waals surface area contributed by atoms with E-state index in [-0.39, 0.29) is 19.0 Å². The minimum absolute atomic E-state index is 0.267. The number of benzene rings is 2. The summed E-state index contributed by atoms with van der Waals surface area (Å²) in [6, 6.07) is 11.8. The van der Waals surface area contributed by atoms with Crippen LogP contribution in [0.4, 0.5) is 10.5 Å². The van der Waals surface area contributed by atoms with Gasteiger partial charge in [0.15, 0.2) is 0 Å². The first-order chi connectivity index (χ1) is 15.9. The number of hydrogen-bond donors (Lipinski definition) is 2. The minimum atomic E-state index is -0.888. The molecule has 0 spiro atoms. The van der Waals surface area contributed by atoms with Crippen molar-refractivity contribution >= 4 is 23.6 Å². The fraction of sp³-hybridized carbons (Fsp3) is 0.423. The van der Waals surface area contributed by atoms with E-state index in [1.165, 1.54) is 4.90 Å². The minimum Gasteiger partial charge on any atom is -0.497 e. The highest BCUT2D eigenvalue weighted by Gasteiger charge is 2.32. The van der Waals surface area contributed by atoms with Crippen LogP contribution in [0.15, 0.2) is 42.5 Å². The summed E-state index contributed by atoms with van der Waals surface area (Å²) in [5.74, 6) is -0.0877. The molecule has 0 bridgehead atoms. The van der Waals surface area contributed by atoms with Crippen LogP contribution in [0.1, 0.15) is 50.4 Å². The Morgan fingerprint density at radius 3 is 2.21 bits per heavy atom. The molecule has 8 nitrogen and oxygen atoms in total. The number of amides is 3. The molecular formula is C26H35N3O5. The number of aryl methyl sites for hydroxylation is 2. The molecular weight excluding hydrogens is 434 g/mol. The molecule has 184 valence electrons. The van der Waals surface area contributed by atoms with E-state index in [9.17, 15) is 14.4 Å². The third kappa shape index (κ3) is 7.50. The van der Waals surface area contributed by atoms with Gasteiger partial charge in [0, 0.05) is 12.2 Å². The van der Waals surface area contributed by atoms with Crippen molar-refractivity contribution in [2.24, 2.45) is 0 Å². The summed E-state index contributed by atoms with van der Waals surface area (Å²) in [5, 5.41) is 5.39. The van der Waals surface area contributed by atoms with Crippen LogP contribution in [0.25, 0.3) is 0 Å². The number of anilines is 1. The van der Waals surface area contributed by atoms with E-state index in [2.05, 4.69) is 10.6 Å². The van der Waals surface area contributed by atoms with E-state index in [0.717, 1.165) is 11.1 Å². The molecule has 0 saturated carbocycles. The quantitative estimate of drug-likeness (QED) is 0.599. The van der Waals surface area contributed by atoms with Gasteiger partial charge in [-0.05, 0) is 76.9 Å². The van der Waals surface area contributed by atoms with Gasteiger partial charge in [0.05, 0.1) is 7.11 Å². The van der Waals surface area contributed by atoms with Crippen LogP contribution in [0.3, 0.4) is 0 Å². The number of ether oxygens (including phenoxy) is 2. The average Bonchev–Trinajstić information content (AvgIpc) is 2.75. The molecule has 1 unspecified atom stereocenters. The van der Waals surface area contributed by atoms with Gasteiger partial charge < -0.3 is 25.0 Å². The Balaban J connectivity index is 2.31. The lowest BCUT2D eigenvalue weighted by Gasteiger charge is -2.31. The predicted octanol–water partition coefficient (Wildman–Crippen LogP) is 4.37. The SMILES string of the molecule is CCN(C(=O)CNC(=O)OC(C)(C)C)C(C(=O)Nc1ccc(OC)cc1)c1ccc(C)cc1C. The smallest absolute Gasteiger partial charge is 0.408 e. The van der Waals surface area contributed by atoms with E-state index < -0.39 is 23.6 Å². The van der Waals surface area contributed by atoms with Gasteiger partial charge in [-0.15, -0.1) is 0 Å². The van der Waals surface area contributed by atoms with Crippen molar-refractivity contribution in [3.8, 4) is 5.75 Å². The van der Waals surface area contributed by atoms with Crippen LogP contribution in [-0.4, -0.2) is 48.6 Å². The zero-order valence-electron chi connectivity index (χ0n) is 21.0. The van der Waals surface area contributed by atoms with Crippen molar-refractivity contribution < 1.29 is 23.9 Å². The summed E-state index contributed by atoms with van der Waals surface area (Å²) in [6.45, 7) is 10.9. The normalized spacial score (nSPS) is 11.9. The van der Waals surface area contributed by atoms with Crippen LogP contribution >= 0.6 is 0 Å². The van der Waals surface area contributed by atoms with E-state index in [1.54, 1.807) is 59.1 Å². The Bertz CT molecular complexity index is 1010. The Morgan fingerprint density at radius 2 is 1.68 bits per heavy atom. The first-order valence-corrected chi connectivity index (χ1v) is 11.2. The zero-order chi connectivity index (χ0) is 25.5. The summed E-state index contributed by atoms with van der Waals surface area (Å²) in [6.07, 6.45) is -0.692. The molecule has 0 saturated heterocycles. The number of nitrogens with one attached hydrogen (secondary N) is 2. The molecule has 0 aliphatic rings. The standard InChI is InChI=1S/C26H35N3O5/c1-8-29(22(30)16-27-25(32)34-26(4,5)6)23(21-14-9-17(2)15-18(21)3)24(31)28-19-10-12-20(33-7)13-11-19/h9-15,23H,8,16H2,1-7H3,(H,27,32)(H,28,31). The largest absolute Gasteiger partial charge is 0.497 e. The second-order valence-electron chi connectivity index (χ2n) is 9.02. The van der Waals surface area contributed by atoms with Crippen molar-refractivity contribution in [2.75, 3.05) is 25.5 Å². The van der Waals surface area contributed by atoms with E-state index >= 15 is 0 Å². The fourth-order valence-corrected chi connectivity index (χ4v) is 3.53. The number of likely N-dealkylation sites (N-methyl/N-ethyl adjacent to an activating group) is 1. The molecule has 2 N–H and O–H groups in total. The van der Waals surface area contributed by atoms with Crippen LogP contribution in [0, 0.1) is 13.8 Å². The lowest BCUT2D eigenvalue weighted by atomic mass is 9.97. The maximum Gasteiger partial charge on any atom is 0.408 e. The number of alkyl carbamates (subject to hydrolysis) is 1. The number of hydrogen-bond acceptors (Lipinski definition) is 5.